The summed E-state index contributed by atoms with van der Waals surface area (Å²) >= 11 is 0. The van der Waals surface area contributed by atoms with Crippen LogP contribution in [0.1, 0.15) is 166 Å². The summed E-state index contributed by atoms with van der Waals surface area (Å²) in [7, 11) is 0. The quantitative estimate of drug-likeness (QED) is 0.0754. The van der Waals surface area contributed by atoms with E-state index in [0.717, 1.165) is 56.1 Å². The third-order valence-electron chi connectivity index (χ3n) is 8.75. The van der Waals surface area contributed by atoms with Crippen molar-refractivity contribution in [3.05, 3.63) is 47.5 Å². The Bertz CT molecular complexity index is 1140. The number of benzene rings is 2. The molecule has 0 saturated heterocycles. The van der Waals surface area contributed by atoms with Crippen molar-refractivity contribution in [3.63, 3.8) is 0 Å². The molecule has 1 unspecified atom stereocenters. The molecule has 45 heavy (non-hydrogen) atoms. The smallest absolute Gasteiger partial charge is 0.311 e. The number of phenols is 1. The molecule has 1 atom stereocenters. The molecular weight excluding hydrogens is 564 g/mol. The molecule has 1 N–H and O–H groups in total. The van der Waals surface area contributed by atoms with Gasteiger partial charge in [0.2, 0.25) is 0 Å². The van der Waals surface area contributed by atoms with Gasteiger partial charge in [0.1, 0.15) is 29.1 Å². The van der Waals surface area contributed by atoms with Crippen LogP contribution in [0, 0.1) is 0 Å². The monoisotopic (exact) mass is 622 g/mol. The van der Waals surface area contributed by atoms with Gasteiger partial charge in [-0.2, -0.15) is 0 Å². The Balaban J connectivity index is 1.53. The first-order valence-corrected chi connectivity index (χ1v) is 18.0. The maximum atomic E-state index is 12.9. The number of fused-ring (bicyclic) bond motifs is 1. The summed E-state index contributed by atoms with van der Waals surface area (Å²) in [4.78, 5) is 25.6. The molecule has 6 nitrogen and oxygen atoms in total. The SMILES string of the molecule is CCCCCCCCCCCC(=O)Oc1ccc(C2CCc3ccc(O)cc3O2)c(OC(=O)CCCCCCCCCCC)c1. The van der Waals surface area contributed by atoms with Crippen LogP contribution >= 0.6 is 0 Å². The molecule has 0 aliphatic carbocycles. The minimum absolute atomic E-state index is 0.149. The largest absolute Gasteiger partial charge is 0.508 e. The zero-order valence-corrected chi connectivity index (χ0v) is 28.1. The Morgan fingerprint density at radius 1 is 0.689 bits per heavy atom. The van der Waals surface area contributed by atoms with Gasteiger partial charge in [-0.25, -0.2) is 0 Å². The summed E-state index contributed by atoms with van der Waals surface area (Å²) < 4.78 is 17.8. The molecule has 0 saturated carbocycles. The first-order valence-electron chi connectivity index (χ1n) is 18.0. The van der Waals surface area contributed by atoms with Crippen molar-refractivity contribution in [2.45, 2.75) is 161 Å². The van der Waals surface area contributed by atoms with E-state index in [1.165, 1.54) is 77.0 Å². The van der Waals surface area contributed by atoms with Crippen molar-refractivity contribution in [1.82, 2.24) is 0 Å². The average molecular weight is 623 g/mol. The lowest BCUT2D eigenvalue weighted by Gasteiger charge is -2.27. The molecule has 0 radical (unpaired) electrons. The number of esters is 2. The number of ether oxygens (including phenoxy) is 3. The van der Waals surface area contributed by atoms with Crippen LogP contribution in [0.2, 0.25) is 0 Å². The van der Waals surface area contributed by atoms with Crippen molar-refractivity contribution in [3.8, 4) is 23.0 Å². The minimum Gasteiger partial charge on any atom is -0.508 e. The van der Waals surface area contributed by atoms with E-state index < -0.39 is 0 Å². The molecular formula is C39H58O6. The molecule has 6 heteroatoms. The van der Waals surface area contributed by atoms with Gasteiger partial charge in [0, 0.05) is 30.5 Å². The van der Waals surface area contributed by atoms with E-state index in [9.17, 15) is 14.7 Å². The van der Waals surface area contributed by atoms with E-state index in [1.807, 2.05) is 12.1 Å². The second kappa shape index (κ2) is 21.7. The topological polar surface area (TPSA) is 82.1 Å². The normalized spacial score (nSPS) is 14.0. The highest BCUT2D eigenvalue weighted by molar-refractivity contribution is 5.74. The zero-order chi connectivity index (χ0) is 32.1. The molecule has 0 bridgehead atoms. The Morgan fingerprint density at radius 2 is 1.22 bits per heavy atom. The molecule has 3 rings (SSSR count). The summed E-state index contributed by atoms with van der Waals surface area (Å²) in [6.45, 7) is 4.47. The summed E-state index contributed by atoms with van der Waals surface area (Å²) in [6, 6.07) is 10.4. The molecule has 2 aromatic carbocycles. The molecule has 1 aliphatic rings. The lowest BCUT2D eigenvalue weighted by Crippen LogP contribution is -2.18. The number of carbonyl (C=O) groups excluding carboxylic acids is 2. The summed E-state index contributed by atoms with van der Waals surface area (Å²) in [5, 5.41) is 9.97. The predicted octanol–water partition coefficient (Wildman–Crippen LogP) is 11.1. The number of aromatic hydroxyl groups is 1. The van der Waals surface area contributed by atoms with E-state index in [1.54, 1.807) is 24.3 Å². The van der Waals surface area contributed by atoms with Crippen molar-refractivity contribution >= 4 is 11.9 Å². The molecule has 0 aromatic heterocycles. The number of hydrogen-bond donors (Lipinski definition) is 1. The Labute approximate surface area is 272 Å². The second-order valence-electron chi connectivity index (χ2n) is 12.7. The molecule has 1 aliphatic heterocycles. The number of hydrogen-bond acceptors (Lipinski definition) is 6. The van der Waals surface area contributed by atoms with Gasteiger partial charge in [0.15, 0.2) is 0 Å². The van der Waals surface area contributed by atoms with Crippen molar-refractivity contribution in [1.29, 1.82) is 0 Å². The fraction of sp³-hybridized carbons (Fsp3) is 0.641. The van der Waals surface area contributed by atoms with Gasteiger partial charge in [-0.15, -0.1) is 0 Å². The van der Waals surface area contributed by atoms with Gasteiger partial charge in [-0.3, -0.25) is 9.59 Å². The van der Waals surface area contributed by atoms with Gasteiger partial charge < -0.3 is 19.3 Å². The number of aryl methyl sites for hydroxylation is 1. The second-order valence-corrected chi connectivity index (χ2v) is 12.7. The van der Waals surface area contributed by atoms with E-state index in [-0.39, 0.29) is 23.8 Å². The highest BCUT2D eigenvalue weighted by Crippen LogP contribution is 2.41. The number of rotatable bonds is 23. The molecule has 2 aromatic rings. The lowest BCUT2D eigenvalue weighted by atomic mass is 9.96. The van der Waals surface area contributed by atoms with Crippen LogP contribution in [0.25, 0.3) is 0 Å². The van der Waals surface area contributed by atoms with Crippen LogP contribution in [-0.4, -0.2) is 17.0 Å². The van der Waals surface area contributed by atoms with Gasteiger partial charge in [-0.05, 0) is 49.4 Å². The molecule has 0 fully saturated rings. The van der Waals surface area contributed by atoms with Crippen LogP contribution in [0.3, 0.4) is 0 Å². The fourth-order valence-corrected chi connectivity index (χ4v) is 6.03. The summed E-state index contributed by atoms with van der Waals surface area (Å²) in [5.41, 5.74) is 1.78. The van der Waals surface area contributed by atoms with Gasteiger partial charge in [0.25, 0.3) is 0 Å². The highest BCUT2D eigenvalue weighted by Gasteiger charge is 2.26. The van der Waals surface area contributed by atoms with E-state index in [4.69, 9.17) is 14.2 Å². The predicted molar refractivity (Wildman–Crippen MR) is 181 cm³/mol. The molecule has 250 valence electrons. The number of phenolic OH excluding ortho intramolecular Hbond substituents is 1. The lowest BCUT2D eigenvalue weighted by molar-refractivity contribution is -0.135. The van der Waals surface area contributed by atoms with Gasteiger partial charge in [-0.1, -0.05) is 123 Å². The van der Waals surface area contributed by atoms with Crippen molar-refractivity contribution < 1.29 is 28.9 Å². The van der Waals surface area contributed by atoms with Crippen molar-refractivity contribution in [2.24, 2.45) is 0 Å². The Morgan fingerprint density at radius 3 is 1.80 bits per heavy atom. The van der Waals surface area contributed by atoms with E-state index in [0.29, 0.717) is 36.5 Å². The van der Waals surface area contributed by atoms with E-state index >= 15 is 0 Å². The number of carbonyl (C=O) groups is 2. The van der Waals surface area contributed by atoms with Crippen LogP contribution in [0.4, 0.5) is 0 Å². The number of unbranched alkanes of at least 4 members (excludes halogenated alkanes) is 16. The fourth-order valence-electron chi connectivity index (χ4n) is 6.03. The maximum Gasteiger partial charge on any atom is 0.311 e. The summed E-state index contributed by atoms with van der Waals surface area (Å²) in [6.07, 6.45) is 23.2. The maximum absolute atomic E-state index is 12.9. The average Bonchev–Trinajstić information content (AvgIpc) is 3.03. The molecule has 1 heterocycles. The Hall–Kier alpha value is -3.02. The first-order chi connectivity index (χ1) is 22.0. The third-order valence-corrected chi connectivity index (χ3v) is 8.75. The van der Waals surface area contributed by atoms with E-state index in [2.05, 4.69) is 13.8 Å². The van der Waals surface area contributed by atoms with Crippen LogP contribution in [0.15, 0.2) is 36.4 Å². The third kappa shape index (κ3) is 14.3. The van der Waals surface area contributed by atoms with Crippen molar-refractivity contribution in [2.75, 3.05) is 0 Å². The zero-order valence-electron chi connectivity index (χ0n) is 28.1. The summed E-state index contributed by atoms with van der Waals surface area (Å²) in [5.74, 6) is 0.977. The van der Waals surface area contributed by atoms with Crippen LogP contribution in [0.5, 0.6) is 23.0 Å². The first kappa shape index (κ1) is 36.4. The van der Waals surface area contributed by atoms with Crippen LogP contribution in [-0.2, 0) is 16.0 Å². The molecule has 0 spiro atoms. The Kier molecular flexibility index (Phi) is 17.6. The van der Waals surface area contributed by atoms with Gasteiger partial charge in [0.05, 0.1) is 0 Å². The highest BCUT2D eigenvalue weighted by atomic mass is 16.5. The minimum atomic E-state index is -0.346. The molecule has 0 amide bonds. The van der Waals surface area contributed by atoms with Crippen LogP contribution < -0.4 is 14.2 Å². The standard InChI is InChI=1S/C39H58O6/c1-3-5-7-9-11-13-15-17-19-21-38(41)43-33-26-27-34(35-28-24-31-23-25-32(40)29-36(31)44-35)37(30-33)45-39(42)22-20-18-16-14-12-10-8-6-4-2/h23,25-27,29-30,35,40H,3-22,24,28H2,1-2H3. The van der Waals surface area contributed by atoms with Gasteiger partial charge >= 0.3 is 11.9 Å².